The fourth-order valence-corrected chi connectivity index (χ4v) is 2.85. The van der Waals surface area contributed by atoms with Gasteiger partial charge in [-0.05, 0) is 48.6 Å². The summed E-state index contributed by atoms with van der Waals surface area (Å²) < 4.78 is 5.34. The van der Waals surface area contributed by atoms with E-state index in [9.17, 15) is 0 Å². The molecule has 0 saturated heterocycles. The highest BCUT2D eigenvalue weighted by atomic mass is 16.5. The highest BCUT2D eigenvalue weighted by molar-refractivity contribution is 5.58. The van der Waals surface area contributed by atoms with Crippen molar-refractivity contribution in [2.45, 2.75) is 19.3 Å². The summed E-state index contributed by atoms with van der Waals surface area (Å²) >= 11 is 0. The van der Waals surface area contributed by atoms with Crippen LogP contribution in [0.5, 0.6) is 5.75 Å². The van der Waals surface area contributed by atoms with Crippen LogP contribution in [-0.2, 0) is 12.8 Å². The molecule has 0 bridgehead atoms. The molecule has 108 valence electrons. The van der Waals surface area contributed by atoms with Gasteiger partial charge < -0.3 is 10.1 Å². The van der Waals surface area contributed by atoms with Crippen molar-refractivity contribution in [3.63, 3.8) is 0 Å². The zero-order valence-corrected chi connectivity index (χ0v) is 12.4. The molecule has 1 aliphatic rings. The average molecular weight is 279 g/mol. The number of ether oxygens (including phenoxy) is 1. The normalized spacial score (nSPS) is 13.4. The van der Waals surface area contributed by atoms with Crippen LogP contribution in [0.25, 0.3) is 6.08 Å². The van der Waals surface area contributed by atoms with Gasteiger partial charge in [-0.1, -0.05) is 36.4 Å². The van der Waals surface area contributed by atoms with Crippen LogP contribution >= 0.6 is 0 Å². The maximum Gasteiger partial charge on any atom is 0.126 e. The molecule has 0 heterocycles. The van der Waals surface area contributed by atoms with E-state index in [1.807, 2.05) is 18.2 Å². The van der Waals surface area contributed by atoms with Gasteiger partial charge in [0, 0.05) is 17.8 Å². The summed E-state index contributed by atoms with van der Waals surface area (Å²) in [6.07, 6.45) is 7.99. The maximum atomic E-state index is 5.34. The first-order valence-electron chi connectivity index (χ1n) is 7.52. The molecule has 1 N–H and O–H groups in total. The molecule has 0 fully saturated rings. The first-order chi connectivity index (χ1) is 10.4. The van der Waals surface area contributed by atoms with E-state index in [0.717, 1.165) is 17.9 Å². The van der Waals surface area contributed by atoms with Crippen molar-refractivity contribution in [1.82, 2.24) is 0 Å². The van der Waals surface area contributed by atoms with E-state index < -0.39 is 0 Å². The van der Waals surface area contributed by atoms with E-state index in [-0.39, 0.29) is 0 Å². The highest BCUT2D eigenvalue weighted by Gasteiger charge is 2.10. The van der Waals surface area contributed by atoms with Crippen molar-refractivity contribution < 1.29 is 4.74 Å². The Bertz CT molecular complexity index is 646. The fraction of sp³-hybridized carbons (Fsp3) is 0.263. The molecule has 2 aromatic rings. The summed E-state index contributed by atoms with van der Waals surface area (Å²) in [5.74, 6) is 0.909. The van der Waals surface area contributed by atoms with E-state index in [1.165, 1.54) is 36.1 Å². The third-order valence-electron chi connectivity index (χ3n) is 3.96. The Balaban J connectivity index is 1.59. The standard InChI is InChI=1S/C19H21NO/c1-21-19-10-3-2-6-16(19)9-5-13-20-18-12-11-15-7-4-8-17(15)14-18/h2-3,5-6,9-12,14,20H,4,7-8,13H2,1H3. The van der Waals surface area contributed by atoms with E-state index in [4.69, 9.17) is 4.74 Å². The smallest absolute Gasteiger partial charge is 0.126 e. The van der Waals surface area contributed by atoms with Gasteiger partial charge in [-0.3, -0.25) is 0 Å². The number of methoxy groups -OCH3 is 1. The van der Waals surface area contributed by atoms with Crippen LogP contribution in [0, 0.1) is 0 Å². The van der Waals surface area contributed by atoms with Crippen LogP contribution in [0.2, 0.25) is 0 Å². The number of para-hydroxylation sites is 1. The van der Waals surface area contributed by atoms with Gasteiger partial charge in [-0.15, -0.1) is 0 Å². The molecule has 0 radical (unpaired) electrons. The largest absolute Gasteiger partial charge is 0.496 e. The lowest BCUT2D eigenvalue weighted by Gasteiger charge is -2.07. The Morgan fingerprint density at radius 2 is 1.95 bits per heavy atom. The SMILES string of the molecule is COc1ccccc1C=CCNc1ccc2c(c1)CCC2. The van der Waals surface area contributed by atoms with Crippen LogP contribution in [0.4, 0.5) is 5.69 Å². The van der Waals surface area contributed by atoms with Crippen LogP contribution in [0.1, 0.15) is 23.1 Å². The number of aryl methyl sites for hydroxylation is 2. The van der Waals surface area contributed by atoms with Gasteiger partial charge in [0.15, 0.2) is 0 Å². The zero-order valence-electron chi connectivity index (χ0n) is 12.4. The van der Waals surface area contributed by atoms with Crippen molar-refractivity contribution in [2.75, 3.05) is 19.0 Å². The van der Waals surface area contributed by atoms with Crippen LogP contribution in [-0.4, -0.2) is 13.7 Å². The molecule has 0 aliphatic heterocycles. The van der Waals surface area contributed by atoms with E-state index in [0.29, 0.717) is 0 Å². The summed E-state index contributed by atoms with van der Waals surface area (Å²) in [5.41, 5.74) is 5.34. The quantitative estimate of drug-likeness (QED) is 0.880. The van der Waals surface area contributed by atoms with Gasteiger partial charge in [-0.2, -0.15) is 0 Å². The molecule has 0 amide bonds. The van der Waals surface area contributed by atoms with Crippen molar-refractivity contribution in [3.8, 4) is 5.75 Å². The molecular formula is C19H21NO. The van der Waals surface area contributed by atoms with Crippen molar-refractivity contribution in [1.29, 1.82) is 0 Å². The minimum absolute atomic E-state index is 0.816. The average Bonchev–Trinajstić information content (AvgIpc) is 2.99. The van der Waals surface area contributed by atoms with Crippen molar-refractivity contribution >= 4 is 11.8 Å². The number of rotatable bonds is 5. The Morgan fingerprint density at radius 3 is 2.86 bits per heavy atom. The topological polar surface area (TPSA) is 21.3 Å². The van der Waals surface area contributed by atoms with Gasteiger partial charge in [-0.25, -0.2) is 0 Å². The molecule has 0 saturated carbocycles. The lowest BCUT2D eigenvalue weighted by Crippen LogP contribution is -1.99. The summed E-state index contributed by atoms with van der Waals surface area (Å²) in [7, 11) is 1.70. The molecule has 0 spiro atoms. The lowest BCUT2D eigenvalue weighted by atomic mass is 10.1. The van der Waals surface area contributed by atoms with Crippen LogP contribution in [0.15, 0.2) is 48.5 Å². The molecule has 0 atom stereocenters. The second-order valence-corrected chi connectivity index (χ2v) is 5.36. The van der Waals surface area contributed by atoms with E-state index in [1.54, 1.807) is 7.11 Å². The summed E-state index contributed by atoms with van der Waals surface area (Å²) in [5, 5.41) is 3.45. The molecule has 3 rings (SSSR count). The summed E-state index contributed by atoms with van der Waals surface area (Å²) in [4.78, 5) is 0. The van der Waals surface area contributed by atoms with Gasteiger partial charge in [0.05, 0.1) is 7.11 Å². The van der Waals surface area contributed by atoms with Gasteiger partial charge in [0.25, 0.3) is 0 Å². The van der Waals surface area contributed by atoms with Crippen molar-refractivity contribution in [3.05, 3.63) is 65.2 Å². The lowest BCUT2D eigenvalue weighted by molar-refractivity contribution is 0.414. The monoisotopic (exact) mass is 279 g/mol. The number of hydrogen-bond donors (Lipinski definition) is 1. The van der Waals surface area contributed by atoms with Crippen LogP contribution < -0.4 is 10.1 Å². The minimum Gasteiger partial charge on any atom is -0.496 e. The molecule has 2 nitrogen and oxygen atoms in total. The van der Waals surface area contributed by atoms with E-state index in [2.05, 4.69) is 41.7 Å². The molecule has 1 aliphatic carbocycles. The predicted octanol–water partition coefficient (Wildman–Crippen LogP) is 4.31. The maximum absolute atomic E-state index is 5.34. The fourth-order valence-electron chi connectivity index (χ4n) is 2.85. The van der Waals surface area contributed by atoms with Gasteiger partial charge in [0.1, 0.15) is 5.75 Å². The molecule has 0 unspecified atom stereocenters. The highest BCUT2D eigenvalue weighted by Crippen LogP contribution is 2.25. The molecule has 0 aromatic heterocycles. The first-order valence-corrected chi connectivity index (χ1v) is 7.52. The number of fused-ring (bicyclic) bond motifs is 1. The second-order valence-electron chi connectivity index (χ2n) is 5.36. The number of nitrogens with one attached hydrogen (secondary N) is 1. The van der Waals surface area contributed by atoms with Crippen LogP contribution in [0.3, 0.4) is 0 Å². The summed E-state index contributed by atoms with van der Waals surface area (Å²) in [6, 6.07) is 14.8. The Kier molecular flexibility index (Phi) is 4.25. The number of hydrogen-bond acceptors (Lipinski definition) is 2. The minimum atomic E-state index is 0.816. The Labute approximate surface area is 126 Å². The molecular weight excluding hydrogens is 258 g/mol. The third-order valence-corrected chi connectivity index (χ3v) is 3.96. The van der Waals surface area contributed by atoms with Crippen molar-refractivity contribution in [2.24, 2.45) is 0 Å². The van der Waals surface area contributed by atoms with E-state index >= 15 is 0 Å². The first kappa shape index (κ1) is 13.7. The molecule has 2 aromatic carbocycles. The third kappa shape index (κ3) is 3.27. The Morgan fingerprint density at radius 1 is 1.10 bits per heavy atom. The number of benzene rings is 2. The van der Waals surface area contributed by atoms with Gasteiger partial charge in [0.2, 0.25) is 0 Å². The molecule has 21 heavy (non-hydrogen) atoms. The van der Waals surface area contributed by atoms with Gasteiger partial charge >= 0.3 is 0 Å². The molecule has 2 heteroatoms. The second kappa shape index (κ2) is 6.49. The number of anilines is 1. The zero-order chi connectivity index (χ0) is 14.5. The Hall–Kier alpha value is -2.22. The predicted molar refractivity (Wildman–Crippen MR) is 89.0 cm³/mol. The summed E-state index contributed by atoms with van der Waals surface area (Å²) in [6.45, 7) is 0.816.